The van der Waals surface area contributed by atoms with Gasteiger partial charge < -0.3 is 5.11 Å². The predicted octanol–water partition coefficient (Wildman–Crippen LogP) is -2.32. The van der Waals surface area contributed by atoms with Gasteiger partial charge in [-0.1, -0.05) is 6.08 Å². The fraction of sp³-hybridized carbons (Fsp3) is 0.250. The molecule has 0 heterocycles. The number of aliphatic carboxylic acids is 1. The molecule has 0 aromatic rings. The average molecular weight is 250 g/mol. The van der Waals surface area contributed by atoms with E-state index in [9.17, 15) is 13.2 Å². The number of carbonyl (C=O) groups is 1. The van der Waals surface area contributed by atoms with Gasteiger partial charge in [-0.25, -0.2) is 0 Å². The molecule has 0 aliphatic carbocycles. The van der Waals surface area contributed by atoms with Gasteiger partial charge >= 0.3 is 81.4 Å². The summed E-state index contributed by atoms with van der Waals surface area (Å²) in [6.45, 7) is 2.93. The molecule has 0 spiro atoms. The van der Waals surface area contributed by atoms with Crippen molar-refractivity contribution in [1.82, 2.24) is 0 Å². The van der Waals surface area contributed by atoms with E-state index in [-0.39, 0.29) is 75.5 Å². The Morgan fingerprint density at radius 1 is 1.42 bits per heavy atom. The van der Waals surface area contributed by atoms with Crippen molar-refractivity contribution in [2.45, 2.75) is 5.25 Å². The first-order chi connectivity index (χ1) is 4.39. The van der Waals surface area contributed by atoms with Crippen LogP contribution in [0.1, 0.15) is 0 Å². The van der Waals surface area contributed by atoms with Crippen molar-refractivity contribution in [2.24, 2.45) is 0 Å². The molecule has 0 saturated heterocycles. The Balaban J connectivity index is -0.000000405. The van der Waals surface area contributed by atoms with Crippen molar-refractivity contribution >= 4 is 91.6 Å². The van der Waals surface area contributed by atoms with Gasteiger partial charge in [-0.05, 0) is 0 Å². The van der Waals surface area contributed by atoms with Gasteiger partial charge in [0, 0.05) is 0 Å². The van der Waals surface area contributed by atoms with E-state index in [2.05, 4.69) is 6.58 Å². The molecule has 0 aromatic carbocycles. The molecule has 0 rings (SSSR count). The Kier molecular flexibility index (Phi) is 12.8. The van der Waals surface area contributed by atoms with Crippen molar-refractivity contribution < 1.29 is 22.9 Å². The van der Waals surface area contributed by atoms with Crippen LogP contribution in [-0.2, 0) is 14.9 Å². The van der Waals surface area contributed by atoms with Crippen molar-refractivity contribution in [3.8, 4) is 0 Å². The van der Waals surface area contributed by atoms with Gasteiger partial charge in [0.2, 0.25) is 5.25 Å². The van der Waals surface area contributed by atoms with Gasteiger partial charge in [-0.15, -0.1) is 6.58 Å². The first-order valence-electron chi connectivity index (χ1n) is 2.21. The third-order valence-electron chi connectivity index (χ3n) is 0.778. The summed E-state index contributed by atoms with van der Waals surface area (Å²) in [6, 6.07) is 0. The molecule has 0 bridgehead atoms. The second-order valence-corrected chi connectivity index (χ2v) is 3.05. The summed E-state index contributed by atoms with van der Waals surface area (Å²) >= 11 is 0. The molecule has 1 atom stereocenters. The molecular weight excluding hydrogens is 240 g/mol. The molecule has 0 aliphatic heterocycles. The van der Waals surface area contributed by atoms with Crippen LogP contribution < -0.4 is 0 Å². The van der Waals surface area contributed by atoms with Crippen LogP contribution in [0.5, 0.6) is 0 Å². The van der Waals surface area contributed by atoms with Crippen LogP contribution in [0.3, 0.4) is 0 Å². The second kappa shape index (κ2) is 7.99. The van der Waals surface area contributed by atoms with Gasteiger partial charge in [-0.2, -0.15) is 8.42 Å². The van der Waals surface area contributed by atoms with E-state index in [1.54, 1.807) is 0 Å². The van der Waals surface area contributed by atoms with E-state index >= 15 is 0 Å². The number of rotatable bonds is 3. The molecule has 2 N–H and O–H groups in total. The third kappa shape index (κ3) is 7.08. The summed E-state index contributed by atoms with van der Waals surface area (Å²) < 4.78 is 28.4. The SMILES string of the molecule is C=CC(C(=O)O)S(=O)(=O)O.[CaH2].[CaH2]. The minimum absolute atomic E-state index is 0. The first kappa shape index (κ1) is 19.2. The fourth-order valence-corrected chi connectivity index (χ4v) is 0.848. The maximum absolute atomic E-state index is 10.1. The Bertz CT molecular complexity index is 246. The van der Waals surface area contributed by atoms with Gasteiger partial charge in [0.1, 0.15) is 0 Å². The Labute approximate surface area is 130 Å². The van der Waals surface area contributed by atoms with E-state index < -0.39 is 21.3 Å². The molecule has 0 aromatic heterocycles. The van der Waals surface area contributed by atoms with Crippen molar-refractivity contribution in [3.05, 3.63) is 12.7 Å². The van der Waals surface area contributed by atoms with E-state index in [1.165, 1.54) is 0 Å². The van der Waals surface area contributed by atoms with Crippen LogP contribution in [0.2, 0.25) is 0 Å². The van der Waals surface area contributed by atoms with Crippen LogP contribution in [0.15, 0.2) is 12.7 Å². The second-order valence-electron chi connectivity index (χ2n) is 1.51. The monoisotopic (exact) mass is 250 g/mol. The van der Waals surface area contributed by atoms with E-state index in [4.69, 9.17) is 9.66 Å². The van der Waals surface area contributed by atoms with E-state index in [0.717, 1.165) is 0 Å². The van der Waals surface area contributed by atoms with Crippen LogP contribution in [0, 0.1) is 0 Å². The van der Waals surface area contributed by atoms with Gasteiger partial charge in [0.25, 0.3) is 10.1 Å². The Morgan fingerprint density at radius 3 is 1.75 bits per heavy atom. The van der Waals surface area contributed by atoms with Gasteiger partial charge in [0.05, 0.1) is 0 Å². The van der Waals surface area contributed by atoms with Crippen molar-refractivity contribution in [3.63, 3.8) is 0 Å². The normalized spacial score (nSPS) is 11.8. The fourth-order valence-electron chi connectivity index (χ4n) is 0.350. The molecule has 0 aliphatic rings. The van der Waals surface area contributed by atoms with Crippen molar-refractivity contribution in [1.29, 1.82) is 0 Å². The van der Waals surface area contributed by atoms with Crippen LogP contribution in [0.25, 0.3) is 0 Å². The number of carboxylic acids is 1. The molecule has 1 unspecified atom stereocenters. The summed E-state index contributed by atoms with van der Waals surface area (Å²) in [5, 5.41) is 6.17. The average Bonchev–Trinajstić information content (AvgIpc) is 1.60. The summed E-state index contributed by atoms with van der Waals surface area (Å²) in [4.78, 5) is 9.97. The molecule has 0 amide bonds. The van der Waals surface area contributed by atoms with Gasteiger partial charge in [0.15, 0.2) is 0 Å². The Hall–Kier alpha value is 1.64. The number of hydrogen-bond acceptors (Lipinski definition) is 3. The quantitative estimate of drug-likeness (QED) is 0.333. The zero-order valence-corrected chi connectivity index (χ0v) is 5.71. The summed E-state index contributed by atoms with van der Waals surface area (Å²) in [7, 11) is -4.53. The molecule has 0 saturated carbocycles. The zero-order valence-electron chi connectivity index (χ0n) is 4.89. The molecule has 0 radical (unpaired) electrons. The molecule has 66 valence electrons. The molecular formula is C4H10Ca2O5S. The zero-order chi connectivity index (χ0) is 8.36. The standard InChI is InChI=1S/C4H6O5S.2Ca.4H/c1-2-3(4(5)6)10(7,8)9;;;;;;/h2-3H,1H2,(H,5,6)(H,7,8,9);;;;;;. The van der Waals surface area contributed by atoms with Gasteiger partial charge in [-0.3, -0.25) is 9.35 Å². The van der Waals surface area contributed by atoms with Crippen LogP contribution >= 0.6 is 0 Å². The van der Waals surface area contributed by atoms with Crippen LogP contribution in [-0.4, -0.2) is 105 Å². The first-order valence-corrected chi connectivity index (χ1v) is 3.71. The summed E-state index contributed by atoms with van der Waals surface area (Å²) in [5.74, 6) is -1.64. The van der Waals surface area contributed by atoms with E-state index in [0.29, 0.717) is 6.08 Å². The predicted molar refractivity (Wildman–Crippen MR) is 50.3 cm³/mol. The van der Waals surface area contributed by atoms with Crippen LogP contribution in [0.4, 0.5) is 0 Å². The number of carboxylic acid groups (broad SMARTS) is 1. The molecule has 5 nitrogen and oxygen atoms in total. The molecule has 0 fully saturated rings. The number of hydrogen-bond donors (Lipinski definition) is 2. The summed E-state index contributed by atoms with van der Waals surface area (Å²) in [5.41, 5.74) is 0. The molecule has 8 heteroatoms. The topological polar surface area (TPSA) is 91.7 Å². The third-order valence-corrected chi connectivity index (χ3v) is 1.81. The summed E-state index contributed by atoms with van der Waals surface area (Å²) in [6.07, 6.45) is 0.637. The van der Waals surface area contributed by atoms with E-state index in [1.807, 2.05) is 0 Å². The Morgan fingerprint density at radius 2 is 1.75 bits per heavy atom. The van der Waals surface area contributed by atoms with Crippen molar-refractivity contribution in [2.75, 3.05) is 0 Å². The minimum atomic E-state index is -4.53. The maximum atomic E-state index is 10.1. The molecule has 12 heavy (non-hydrogen) atoms.